The number of halogens is 2. The molecule has 0 saturated heterocycles. The van der Waals surface area contributed by atoms with Gasteiger partial charge in [-0.2, -0.15) is 0 Å². The van der Waals surface area contributed by atoms with Gasteiger partial charge in [-0.1, -0.05) is 6.08 Å². The number of carbonyl (C=O) groups excluding carboxylic acids is 1. The number of carbonyl (C=O) groups is 1. The molecule has 0 bridgehead atoms. The van der Waals surface area contributed by atoms with Gasteiger partial charge in [-0.25, -0.2) is 8.63 Å². The zero-order chi connectivity index (χ0) is 18.8. The van der Waals surface area contributed by atoms with E-state index < -0.39 is 13.3 Å². The van der Waals surface area contributed by atoms with Crippen LogP contribution in [-0.4, -0.2) is 20.4 Å². The Bertz CT molecular complexity index is 593. The van der Waals surface area contributed by atoms with Crippen molar-refractivity contribution in [3.05, 3.63) is 99.6 Å². The number of allylic oxidation sites excluding steroid dienone is 2. The maximum atomic E-state index is 12.4. The first-order valence-corrected chi connectivity index (χ1v) is 7.84. The molecule has 0 atom stereocenters. The molecule has 0 aliphatic heterocycles. The molecule has 0 unspecified atom stereocenters. The molecule has 7 heteroatoms. The Morgan fingerprint density at radius 2 is 1.59 bits per heavy atom. The summed E-state index contributed by atoms with van der Waals surface area (Å²) in [5.74, 6) is 0.623. The van der Waals surface area contributed by atoms with E-state index in [-0.39, 0.29) is 28.4 Å². The minimum atomic E-state index is -3.00. The first-order chi connectivity index (χ1) is 12.6. The van der Waals surface area contributed by atoms with Gasteiger partial charge in [-0.3, -0.25) is 4.79 Å². The standard InChI is InChI=1S/C15H12BF2O3.C5H5.Fe/c1-20-12-7-9-15(21-16(17)18)13(10-12)14(19)8-6-11-4-2-3-5-11;1-2-4-5-3-1;/h2-10H,1H3;1-5H;/q;;+2/b8-6+;;. The Hall–Kier alpha value is -1.33. The van der Waals surface area contributed by atoms with E-state index in [1.807, 2.05) is 57.8 Å². The third-order valence-corrected chi connectivity index (χ3v) is 3.34. The van der Waals surface area contributed by atoms with Crippen LogP contribution in [0.3, 0.4) is 0 Å². The number of hydrogen-bond acceptors (Lipinski definition) is 3. The van der Waals surface area contributed by atoms with Crippen LogP contribution in [0.1, 0.15) is 10.4 Å². The molecule has 1 aromatic rings. The molecule has 1 aromatic carbocycles. The van der Waals surface area contributed by atoms with Crippen molar-refractivity contribution in [2.45, 2.75) is 0 Å². The third kappa shape index (κ3) is 8.48. The summed E-state index contributed by atoms with van der Waals surface area (Å²) in [7, 11) is -1.57. The van der Waals surface area contributed by atoms with Crippen molar-refractivity contribution >= 4 is 13.3 Å². The van der Waals surface area contributed by atoms with E-state index in [9.17, 15) is 13.4 Å². The SMILES string of the molecule is COc1ccc(OB(F)F)c(C(=O)/C=C/[C]2[CH][CH][CH][CH]2)c1.[CH]1[CH][CH][CH][CH]1.[Fe+2]. The van der Waals surface area contributed by atoms with Crippen LogP contribution in [0, 0.1) is 63.7 Å². The summed E-state index contributed by atoms with van der Waals surface area (Å²) < 4.78 is 34.1. The van der Waals surface area contributed by atoms with Crippen LogP contribution in [0.25, 0.3) is 0 Å². The Morgan fingerprint density at radius 3 is 2.11 bits per heavy atom. The zero-order valence-corrected chi connectivity index (χ0v) is 15.6. The van der Waals surface area contributed by atoms with Gasteiger partial charge in [-0.15, -0.1) is 0 Å². The molecule has 3 rings (SSSR count). The van der Waals surface area contributed by atoms with Crippen molar-refractivity contribution in [2.24, 2.45) is 0 Å². The summed E-state index contributed by atoms with van der Waals surface area (Å²) in [4.78, 5) is 12.1. The number of ether oxygens (including phenoxy) is 1. The van der Waals surface area contributed by atoms with Crippen molar-refractivity contribution in [1.82, 2.24) is 0 Å². The molecule has 138 valence electrons. The molecule has 0 amide bonds. The van der Waals surface area contributed by atoms with Crippen LogP contribution in [-0.2, 0) is 17.1 Å². The monoisotopic (exact) mass is 410 g/mol. The molecular formula is C20H17BF2FeO3+2. The van der Waals surface area contributed by atoms with E-state index >= 15 is 0 Å². The molecule has 2 fully saturated rings. The van der Waals surface area contributed by atoms with Crippen molar-refractivity contribution in [2.75, 3.05) is 7.11 Å². The van der Waals surface area contributed by atoms with Gasteiger partial charge in [-0.05, 0) is 82.1 Å². The Labute approximate surface area is 171 Å². The molecule has 0 heterocycles. The number of benzene rings is 1. The topological polar surface area (TPSA) is 35.5 Å². The largest absolute Gasteiger partial charge is 2.00 e. The molecule has 10 radical (unpaired) electrons. The van der Waals surface area contributed by atoms with E-state index in [0.717, 1.165) is 5.92 Å². The molecule has 3 nitrogen and oxygen atoms in total. The fourth-order valence-corrected chi connectivity index (χ4v) is 2.11. The van der Waals surface area contributed by atoms with Crippen molar-refractivity contribution in [3.8, 4) is 11.5 Å². The Kier molecular flexibility index (Phi) is 11.4. The first-order valence-electron chi connectivity index (χ1n) is 7.84. The fourth-order valence-electron chi connectivity index (χ4n) is 2.11. The molecule has 2 aliphatic rings. The van der Waals surface area contributed by atoms with Gasteiger partial charge < -0.3 is 9.39 Å². The van der Waals surface area contributed by atoms with Gasteiger partial charge in [0.2, 0.25) is 0 Å². The third-order valence-electron chi connectivity index (χ3n) is 3.34. The van der Waals surface area contributed by atoms with Gasteiger partial charge in [0, 0.05) is 5.92 Å². The van der Waals surface area contributed by atoms with Crippen molar-refractivity contribution in [1.29, 1.82) is 0 Å². The fraction of sp³-hybridized carbons (Fsp3) is 0.0500. The van der Waals surface area contributed by atoms with Crippen LogP contribution in [0.2, 0.25) is 0 Å². The second-order valence-corrected chi connectivity index (χ2v) is 5.12. The Balaban J connectivity index is 0.000000526. The number of rotatable bonds is 6. The predicted octanol–water partition coefficient (Wildman–Crippen LogP) is 4.16. The van der Waals surface area contributed by atoms with E-state index in [1.165, 1.54) is 31.4 Å². The molecular weight excluding hydrogens is 393 g/mol. The second kappa shape index (κ2) is 13.0. The smallest absolute Gasteiger partial charge is 0.505 e. The van der Waals surface area contributed by atoms with Crippen LogP contribution in [0.4, 0.5) is 8.63 Å². The molecule has 0 aromatic heterocycles. The number of hydrogen-bond donors (Lipinski definition) is 0. The predicted molar refractivity (Wildman–Crippen MR) is 97.0 cm³/mol. The van der Waals surface area contributed by atoms with Gasteiger partial charge in [0.1, 0.15) is 11.5 Å². The van der Waals surface area contributed by atoms with Crippen LogP contribution in [0.5, 0.6) is 11.5 Å². The number of methoxy groups -OCH3 is 1. The minimum absolute atomic E-state index is 0. The van der Waals surface area contributed by atoms with E-state index in [2.05, 4.69) is 4.65 Å². The average Bonchev–Trinajstić information content (AvgIpc) is 3.35. The van der Waals surface area contributed by atoms with Gasteiger partial charge in [0.25, 0.3) is 0 Å². The van der Waals surface area contributed by atoms with Crippen molar-refractivity contribution in [3.63, 3.8) is 0 Å². The summed E-state index contributed by atoms with van der Waals surface area (Å²) in [5.41, 5.74) is 0.0254. The summed E-state index contributed by atoms with van der Waals surface area (Å²) >= 11 is 0. The van der Waals surface area contributed by atoms with Gasteiger partial charge >= 0.3 is 24.5 Å². The summed E-state index contributed by atoms with van der Waals surface area (Å²) in [6.07, 6.45) is 20.2. The van der Waals surface area contributed by atoms with Gasteiger partial charge in [0.05, 0.1) is 12.7 Å². The molecule has 2 saturated carbocycles. The normalized spacial score (nSPS) is 16.4. The summed E-state index contributed by atoms with van der Waals surface area (Å²) in [6.45, 7) is 0. The van der Waals surface area contributed by atoms with E-state index in [4.69, 9.17) is 4.74 Å². The minimum Gasteiger partial charge on any atom is -0.505 e. The first kappa shape index (κ1) is 23.7. The molecule has 27 heavy (non-hydrogen) atoms. The van der Waals surface area contributed by atoms with Crippen LogP contribution < -0.4 is 9.39 Å². The number of ketones is 1. The molecule has 2 aliphatic carbocycles. The quantitative estimate of drug-likeness (QED) is 0.402. The summed E-state index contributed by atoms with van der Waals surface area (Å²) in [6, 6.07) is 4.11. The maximum Gasteiger partial charge on any atom is 2.00 e. The second-order valence-electron chi connectivity index (χ2n) is 5.12. The average molecular weight is 410 g/mol. The molecule has 0 spiro atoms. The summed E-state index contributed by atoms with van der Waals surface area (Å²) in [5, 5.41) is 0. The van der Waals surface area contributed by atoms with E-state index in [0.29, 0.717) is 5.75 Å². The van der Waals surface area contributed by atoms with Gasteiger partial charge in [0.15, 0.2) is 5.78 Å². The Morgan fingerprint density at radius 1 is 1.00 bits per heavy atom. The maximum absolute atomic E-state index is 12.4. The molecule has 0 N–H and O–H groups in total. The van der Waals surface area contributed by atoms with Crippen LogP contribution >= 0.6 is 0 Å². The van der Waals surface area contributed by atoms with E-state index in [1.54, 1.807) is 6.08 Å². The zero-order valence-electron chi connectivity index (χ0n) is 14.5. The van der Waals surface area contributed by atoms with Crippen LogP contribution in [0.15, 0.2) is 30.4 Å². The van der Waals surface area contributed by atoms with Crippen molar-refractivity contribution < 1.29 is 39.9 Å².